The molecule has 0 bridgehead atoms. The van der Waals surface area contributed by atoms with Crippen molar-refractivity contribution in [3.05, 3.63) is 0 Å². The van der Waals surface area contributed by atoms with E-state index < -0.39 is 11.9 Å². The van der Waals surface area contributed by atoms with Crippen LogP contribution in [0, 0.1) is 0 Å². The van der Waals surface area contributed by atoms with Crippen molar-refractivity contribution in [3.8, 4) is 0 Å². The van der Waals surface area contributed by atoms with Crippen LogP contribution in [0.15, 0.2) is 0 Å². The van der Waals surface area contributed by atoms with Gasteiger partial charge in [-0.3, -0.25) is 4.79 Å². The van der Waals surface area contributed by atoms with Crippen molar-refractivity contribution in [2.24, 2.45) is 0 Å². The van der Waals surface area contributed by atoms with E-state index in [4.69, 9.17) is 5.11 Å². The molecule has 0 aliphatic rings. The Balaban J connectivity index is 3.65. The number of amides is 1. The minimum atomic E-state index is -1.44. The number of rotatable bonds is 1. The molecular weight excluding hydrogens is 122 g/mol. The van der Waals surface area contributed by atoms with E-state index in [1.54, 1.807) is 13.8 Å². The van der Waals surface area contributed by atoms with E-state index in [1.807, 2.05) is 0 Å². The van der Waals surface area contributed by atoms with Gasteiger partial charge in [-0.2, -0.15) is 0 Å². The first-order valence-electron chi connectivity index (χ1n) is 2.58. The van der Waals surface area contributed by atoms with E-state index in [1.165, 1.54) is 0 Å². The topological polar surface area (TPSA) is 66.4 Å². The first kappa shape index (κ1) is 7.94. The fraction of sp³-hybridized carbons (Fsp3) is 0.600. The zero-order valence-corrected chi connectivity index (χ0v) is 5.34. The molecule has 0 saturated carbocycles. The molecule has 2 N–H and O–H groups in total. The standard InChI is InChI=1S/C5H9NO3/c1-3(2)6-4(7)5(8)9/h3H,1-2H3,(H,6,7)(H,8,9). The fourth-order valence-electron chi connectivity index (χ4n) is 0.324. The summed E-state index contributed by atoms with van der Waals surface area (Å²) < 4.78 is 0. The lowest BCUT2D eigenvalue weighted by molar-refractivity contribution is -0.150. The molecule has 4 nitrogen and oxygen atoms in total. The highest BCUT2D eigenvalue weighted by Gasteiger charge is 2.10. The number of nitrogens with one attached hydrogen (secondary N) is 1. The van der Waals surface area contributed by atoms with Crippen LogP contribution in [0.2, 0.25) is 0 Å². The van der Waals surface area contributed by atoms with Crippen molar-refractivity contribution >= 4 is 11.9 Å². The second-order valence-corrected chi connectivity index (χ2v) is 1.93. The summed E-state index contributed by atoms with van der Waals surface area (Å²) in [7, 11) is 0. The highest BCUT2D eigenvalue weighted by atomic mass is 16.4. The molecule has 52 valence electrons. The van der Waals surface area contributed by atoms with Gasteiger partial charge in [-0.15, -0.1) is 0 Å². The first-order chi connectivity index (χ1) is 4.04. The Morgan fingerprint density at radius 3 is 2.00 bits per heavy atom. The maximum Gasteiger partial charge on any atom is 0.394 e. The highest BCUT2D eigenvalue weighted by Crippen LogP contribution is 1.75. The van der Waals surface area contributed by atoms with Crippen LogP contribution in [0.1, 0.15) is 13.8 Å². The summed E-state index contributed by atoms with van der Waals surface area (Å²) in [6, 6.07) is -0.117. The predicted octanol–water partition coefficient (Wildman–Crippen LogP) is -0.404. The van der Waals surface area contributed by atoms with Gasteiger partial charge in [0, 0.05) is 6.04 Å². The largest absolute Gasteiger partial charge is 0.474 e. The Morgan fingerprint density at radius 2 is 1.89 bits per heavy atom. The van der Waals surface area contributed by atoms with Gasteiger partial charge < -0.3 is 10.4 Å². The Morgan fingerprint density at radius 1 is 1.44 bits per heavy atom. The number of hydrogen-bond acceptors (Lipinski definition) is 2. The average molecular weight is 131 g/mol. The van der Waals surface area contributed by atoms with Crippen LogP contribution in [0.4, 0.5) is 0 Å². The molecule has 0 unspecified atom stereocenters. The molecule has 0 rings (SSSR count). The monoisotopic (exact) mass is 131 g/mol. The van der Waals surface area contributed by atoms with E-state index in [0.717, 1.165) is 0 Å². The van der Waals surface area contributed by atoms with E-state index in [-0.39, 0.29) is 6.04 Å². The lowest BCUT2D eigenvalue weighted by atomic mass is 10.4. The average Bonchev–Trinajstić information content (AvgIpc) is 1.63. The van der Waals surface area contributed by atoms with E-state index in [9.17, 15) is 9.59 Å². The lowest BCUT2D eigenvalue weighted by Gasteiger charge is -2.02. The van der Waals surface area contributed by atoms with Crippen LogP contribution in [0.25, 0.3) is 0 Å². The zero-order valence-electron chi connectivity index (χ0n) is 5.34. The number of carboxylic acid groups (broad SMARTS) is 1. The summed E-state index contributed by atoms with van der Waals surface area (Å²) >= 11 is 0. The van der Waals surface area contributed by atoms with Crippen molar-refractivity contribution in [1.29, 1.82) is 0 Å². The molecule has 0 aliphatic heterocycles. The molecule has 0 radical (unpaired) electrons. The van der Waals surface area contributed by atoms with Gasteiger partial charge in [-0.25, -0.2) is 4.79 Å². The molecule has 0 aromatic carbocycles. The van der Waals surface area contributed by atoms with Gasteiger partial charge in [0.1, 0.15) is 0 Å². The fourth-order valence-corrected chi connectivity index (χ4v) is 0.324. The number of hydrogen-bond donors (Lipinski definition) is 2. The van der Waals surface area contributed by atoms with Crippen LogP contribution in [0.3, 0.4) is 0 Å². The van der Waals surface area contributed by atoms with Crippen LogP contribution in [-0.2, 0) is 9.59 Å². The second-order valence-electron chi connectivity index (χ2n) is 1.93. The summed E-state index contributed by atoms with van der Waals surface area (Å²) in [6.45, 7) is 3.39. The van der Waals surface area contributed by atoms with Gasteiger partial charge in [-0.1, -0.05) is 0 Å². The van der Waals surface area contributed by atoms with Crippen LogP contribution in [0.5, 0.6) is 0 Å². The van der Waals surface area contributed by atoms with E-state index >= 15 is 0 Å². The predicted molar refractivity (Wildman–Crippen MR) is 30.9 cm³/mol. The third-order valence-corrected chi connectivity index (χ3v) is 0.614. The zero-order chi connectivity index (χ0) is 7.44. The molecule has 0 aromatic heterocycles. The molecule has 9 heavy (non-hydrogen) atoms. The smallest absolute Gasteiger partial charge is 0.394 e. The Hall–Kier alpha value is -1.06. The van der Waals surface area contributed by atoms with Gasteiger partial charge in [0.25, 0.3) is 0 Å². The molecule has 0 aromatic rings. The summed E-state index contributed by atoms with van der Waals surface area (Å²) in [4.78, 5) is 20.1. The van der Waals surface area contributed by atoms with Gasteiger partial charge in [0.15, 0.2) is 0 Å². The van der Waals surface area contributed by atoms with Gasteiger partial charge in [0.2, 0.25) is 0 Å². The summed E-state index contributed by atoms with van der Waals surface area (Å²) in [6.07, 6.45) is 0. The van der Waals surface area contributed by atoms with Gasteiger partial charge >= 0.3 is 11.9 Å². The van der Waals surface area contributed by atoms with Crippen LogP contribution in [-0.4, -0.2) is 23.0 Å². The molecule has 0 spiro atoms. The summed E-state index contributed by atoms with van der Waals surface area (Å²) in [5.41, 5.74) is 0. The second kappa shape index (κ2) is 3.06. The third kappa shape index (κ3) is 3.52. The van der Waals surface area contributed by atoms with Crippen molar-refractivity contribution in [2.75, 3.05) is 0 Å². The molecule has 0 atom stereocenters. The van der Waals surface area contributed by atoms with Crippen LogP contribution < -0.4 is 5.32 Å². The number of carboxylic acids is 1. The SMILES string of the molecule is CC(C)NC(=O)C(=O)O. The van der Waals surface area contributed by atoms with Crippen molar-refractivity contribution in [3.63, 3.8) is 0 Å². The third-order valence-electron chi connectivity index (χ3n) is 0.614. The number of carbonyl (C=O) groups excluding carboxylic acids is 1. The van der Waals surface area contributed by atoms with Crippen molar-refractivity contribution in [2.45, 2.75) is 19.9 Å². The molecule has 0 aliphatic carbocycles. The lowest BCUT2D eigenvalue weighted by Crippen LogP contribution is -2.35. The molecule has 0 saturated heterocycles. The van der Waals surface area contributed by atoms with E-state index in [0.29, 0.717) is 0 Å². The minimum absolute atomic E-state index is 0.117. The van der Waals surface area contributed by atoms with Crippen molar-refractivity contribution in [1.82, 2.24) is 5.32 Å². The Labute approximate surface area is 52.9 Å². The summed E-state index contributed by atoms with van der Waals surface area (Å²) in [5, 5.41) is 10.2. The number of carbonyl (C=O) groups is 2. The Kier molecular flexibility index (Phi) is 2.70. The molecule has 0 fully saturated rings. The Bertz CT molecular complexity index is 130. The molecule has 1 amide bonds. The molecule has 4 heteroatoms. The molecule has 0 heterocycles. The minimum Gasteiger partial charge on any atom is -0.474 e. The maximum absolute atomic E-state index is 10.2. The maximum atomic E-state index is 10.2. The van der Waals surface area contributed by atoms with E-state index in [2.05, 4.69) is 5.32 Å². The normalized spacial score (nSPS) is 9.22. The van der Waals surface area contributed by atoms with Gasteiger partial charge in [0.05, 0.1) is 0 Å². The number of aliphatic carboxylic acids is 1. The van der Waals surface area contributed by atoms with Crippen LogP contribution >= 0.6 is 0 Å². The molecular formula is C5H9NO3. The highest BCUT2D eigenvalue weighted by molar-refractivity contribution is 6.31. The summed E-state index contributed by atoms with van der Waals surface area (Å²) in [5.74, 6) is -2.39. The first-order valence-corrected chi connectivity index (χ1v) is 2.58. The quantitative estimate of drug-likeness (QED) is 0.475. The van der Waals surface area contributed by atoms with Crippen molar-refractivity contribution < 1.29 is 14.7 Å². The van der Waals surface area contributed by atoms with Gasteiger partial charge in [-0.05, 0) is 13.8 Å².